The van der Waals surface area contributed by atoms with Gasteiger partial charge in [0.2, 0.25) is 5.91 Å². The van der Waals surface area contributed by atoms with Crippen molar-refractivity contribution in [1.82, 2.24) is 5.32 Å². The SMILES string of the molecule is CCCCCCCCCCCCCC/C=C\CCCCCCCCCCCCCCCCCCC(O)C(=O)NC(COC1OC(CO)C(O)C(O)C1O)C(O)C(O)CCC/C=C/CCCCCCCCCCCCCCCCCCCCCCCCCCCC. The van der Waals surface area contributed by atoms with Crippen molar-refractivity contribution < 1.29 is 50.0 Å². The highest BCUT2D eigenvalue weighted by molar-refractivity contribution is 5.80. The average molecular weight is 1280 g/mol. The third-order valence-electron chi connectivity index (χ3n) is 19.5. The number of carbonyl (C=O) groups is 1. The first-order chi connectivity index (χ1) is 44.2. The normalized spacial score (nSPS) is 18.5. The van der Waals surface area contributed by atoms with E-state index in [0.717, 1.165) is 38.5 Å². The Bertz CT molecular complexity index is 1510. The molecule has 90 heavy (non-hydrogen) atoms. The molecule has 0 bridgehead atoms. The van der Waals surface area contributed by atoms with Crippen molar-refractivity contribution in [1.29, 1.82) is 0 Å². The fourth-order valence-corrected chi connectivity index (χ4v) is 13.2. The van der Waals surface area contributed by atoms with Crippen molar-refractivity contribution in [3.8, 4) is 0 Å². The summed E-state index contributed by atoms with van der Waals surface area (Å²) >= 11 is 0. The lowest BCUT2D eigenvalue weighted by atomic mass is 9.98. The van der Waals surface area contributed by atoms with Crippen molar-refractivity contribution in [3.63, 3.8) is 0 Å². The topological polar surface area (TPSA) is 189 Å². The number of ether oxygens (including phenoxy) is 2. The Kier molecular flexibility index (Phi) is 65.0. The molecule has 0 aromatic heterocycles. The molecule has 0 aliphatic carbocycles. The van der Waals surface area contributed by atoms with E-state index in [1.807, 2.05) is 0 Å². The molecule has 1 rings (SSSR count). The lowest BCUT2D eigenvalue weighted by molar-refractivity contribution is -0.303. The number of hydrogen-bond acceptors (Lipinski definition) is 10. The summed E-state index contributed by atoms with van der Waals surface area (Å²) in [6.07, 6.45) is 75.8. The molecule has 9 atom stereocenters. The maximum atomic E-state index is 13.3. The number of nitrogens with one attached hydrogen (secondary N) is 1. The molecule has 534 valence electrons. The molecule has 0 spiro atoms. The molecule has 0 aromatic carbocycles. The summed E-state index contributed by atoms with van der Waals surface area (Å²) in [6.45, 7) is 3.52. The number of aliphatic hydroxyl groups excluding tert-OH is 7. The van der Waals surface area contributed by atoms with Crippen LogP contribution < -0.4 is 5.32 Å². The van der Waals surface area contributed by atoms with Crippen LogP contribution in [-0.4, -0.2) is 110 Å². The summed E-state index contributed by atoms with van der Waals surface area (Å²) in [7, 11) is 0. The zero-order valence-corrected chi connectivity index (χ0v) is 59.4. The smallest absolute Gasteiger partial charge is 0.249 e. The van der Waals surface area contributed by atoms with Crippen LogP contribution >= 0.6 is 0 Å². The quantitative estimate of drug-likeness (QED) is 0.0215. The van der Waals surface area contributed by atoms with E-state index in [2.05, 4.69) is 43.5 Å². The molecular weight excluding hydrogens is 1120 g/mol. The van der Waals surface area contributed by atoms with Crippen LogP contribution in [0.2, 0.25) is 0 Å². The second kappa shape index (κ2) is 67.6. The van der Waals surface area contributed by atoms with Gasteiger partial charge in [-0.1, -0.05) is 366 Å². The molecule has 1 heterocycles. The van der Waals surface area contributed by atoms with Crippen LogP contribution in [0.4, 0.5) is 0 Å². The summed E-state index contributed by atoms with van der Waals surface area (Å²) in [5, 5.41) is 76.7. The first-order valence-electron chi connectivity index (χ1n) is 39.7. The molecule has 0 radical (unpaired) electrons. The Morgan fingerprint density at radius 3 is 0.956 bits per heavy atom. The molecule has 9 unspecified atom stereocenters. The summed E-state index contributed by atoms with van der Waals surface area (Å²) in [5.74, 6) is -0.698. The minimum Gasteiger partial charge on any atom is -0.394 e. The first-order valence-corrected chi connectivity index (χ1v) is 39.7. The lowest BCUT2D eigenvalue weighted by Gasteiger charge is -2.40. The van der Waals surface area contributed by atoms with Crippen molar-refractivity contribution in [3.05, 3.63) is 24.3 Å². The van der Waals surface area contributed by atoms with Gasteiger partial charge in [0.1, 0.15) is 36.6 Å². The van der Waals surface area contributed by atoms with E-state index < -0.39 is 74.2 Å². The van der Waals surface area contributed by atoms with Gasteiger partial charge in [-0.2, -0.15) is 0 Å². The molecule has 8 N–H and O–H groups in total. The monoisotopic (exact) mass is 1280 g/mol. The standard InChI is InChI=1S/C79H153NO10/c1-3-5-7-9-11-13-15-17-19-21-23-25-27-29-31-33-35-37-39-41-43-45-47-49-51-53-55-57-59-61-63-65-67-72(83)78(88)80-70(69-89-79-77(87)76(86)75(85)73(68-81)90-79)74(84)71(82)66-64-62-60-58-56-54-52-50-48-46-44-42-40-38-36-34-32-30-28-26-24-22-20-18-16-14-12-10-8-6-4-2/h29,31,58,60,70-77,79,81-87H,3-28,30,32-57,59,61-69H2,1-2H3,(H,80,88)/b31-29-,60-58+. The van der Waals surface area contributed by atoms with Gasteiger partial charge in [-0.25, -0.2) is 0 Å². The predicted molar refractivity (Wildman–Crippen MR) is 381 cm³/mol. The molecule has 1 aliphatic rings. The number of amides is 1. The Morgan fingerprint density at radius 1 is 0.378 bits per heavy atom. The number of allylic oxidation sites excluding steroid dienone is 4. The summed E-state index contributed by atoms with van der Waals surface area (Å²) in [6, 6.07) is -1.19. The zero-order valence-electron chi connectivity index (χ0n) is 59.4. The van der Waals surface area contributed by atoms with E-state index in [0.29, 0.717) is 12.8 Å². The van der Waals surface area contributed by atoms with E-state index in [1.165, 1.54) is 327 Å². The van der Waals surface area contributed by atoms with Crippen LogP contribution in [0.15, 0.2) is 24.3 Å². The number of unbranched alkanes of at least 4 members (excludes halogenated alkanes) is 55. The minimum atomic E-state index is -1.67. The van der Waals surface area contributed by atoms with Gasteiger partial charge in [-0.3, -0.25) is 4.79 Å². The van der Waals surface area contributed by atoms with Crippen LogP contribution in [0.5, 0.6) is 0 Å². The van der Waals surface area contributed by atoms with Gasteiger partial charge < -0.3 is 50.5 Å². The number of carbonyl (C=O) groups excluding carboxylic acids is 1. The highest BCUT2D eigenvalue weighted by atomic mass is 16.7. The van der Waals surface area contributed by atoms with E-state index in [-0.39, 0.29) is 12.8 Å². The maximum Gasteiger partial charge on any atom is 0.249 e. The second-order valence-electron chi connectivity index (χ2n) is 28.1. The van der Waals surface area contributed by atoms with Gasteiger partial charge in [0.25, 0.3) is 0 Å². The molecule has 1 saturated heterocycles. The lowest BCUT2D eigenvalue weighted by Crippen LogP contribution is -2.60. The van der Waals surface area contributed by atoms with E-state index in [9.17, 15) is 40.5 Å². The van der Waals surface area contributed by atoms with Crippen LogP contribution in [0.3, 0.4) is 0 Å². The highest BCUT2D eigenvalue weighted by Crippen LogP contribution is 2.24. The van der Waals surface area contributed by atoms with E-state index in [4.69, 9.17) is 9.47 Å². The first kappa shape index (κ1) is 86.6. The average Bonchev–Trinajstić information content (AvgIpc) is 1.35. The maximum absolute atomic E-state index is 13.3. The van der Waals surface area contributed by atoms with Crippen molar-refractivity contribution in [2.24, 2.45) is 0 Å². The summed E-state index contributed by atoms with van der Waals surface area (Å²) < 4.78 is 11.2. The van der Waals surface area contributed by atoms with Gasteiger partial charge in [0, 0.05) is 0 Å². The van der Waals surface area contributed by atoms with E-state index >= 15 is 0 Å². The van der Waals surface area contributed by atoms with Crippen molar-refractivity contribution in [2.75, 3.05) is 13.2 Å². The predicted octanol–water partition coefficient (Wildman–Crippen LogP) is 20.3. The zero-order chi connectivity index (χ0) is 65.3. The number of hydrogen-bond donors (Lipinski definition) is 8. The summed E-state index contributed by atoms with van der Waals surface area (Å²) in [5.41, 5.74) is 0. The highest BCUT2D eigenvalue weighted by Gasteiger charge is 2.44. The van der Waals surface area contributed by atoms with Gasteiger partial charge >= 0.3 is 0 Å². The minimum absolute atomic E-state index is 0.258. The van der Waals surface area contributed by atoms with Crippen molar-refractivity contribution >= 4 is 5.91 Å². The van der Waals surface area contributed by atoms with Gasteiger partial charge in [0.15, 0.2) is 6.29 Å². The third-order valence-corrected chi connectivity index (χ3v) is 19.5. The Labute approximate surface area is 556 Å². The Hall–Kier alpha value is -1.41. The number of rotatable bonds is 71. The molecular formula is C79H153NO10. The van der Waals surface area contributed by atoms with Crippen LogP contribution in [0.25, 0.3) is 0 Å². The molecule has 1 fully saturated rings. The molecule has 0 saturated carbocycles. The fraction of sp³-hybridized carbons (Fsp3) is 0.937. The van der Waals surface area contributed by atoms with Crippen molar-refractivity contribution in [2.45, 2.75) is 461 Å². The third kappa shape index (κ3) is 53.8. The summed E-state index contributed by atoms with van der Waals surface area (Å²) in [4.78, 5) is 13.3. The molecule has 0 aromatic rings. The molecule has 11 heteroatoms. The van der Waals surface area contributed by atoms with Crippen LogP contribution in [-0.2, 0) is 14.3 Å². The van der Waals surface area contributed by atoms with Gasteiger partial charge in [-0.15, -0.1) is 0 Å². The largest absolute Gasteiger partial charge is 0.394 e. The molecule has 1 amide bonds. The Morgan fingerprint density at radius 2 is 0.656 bits per heavy atom. The second-order valence-corrected chi connectivity index (χ2v) is 28.1. The van der Waals surface area contributed by atoms with E-state index in [1.54, 1.807) is 0 Å². The van der Waals surface area contributed by atoms with Crippen LogP contribution in [0.1, 0.15) is 406 Å². The molecule has 1 aliphatic heterocycles. The Balaban J connectivity index is 2.15. The van der Waals surface area contributed by atoms with Gasteiger partial charge in [0.05, 0.1) is 25.4 Å². The molecule has 11 nitrogen and oxygen atoms in total. The van der Waals surface area contributed by atoms with Crippen LogP contribution in [0, 0.1) is 0 Å². The van der Waals surface area contributed by atoms with Gasteiger partial charge in [-0.05, 0) is 64.2 Å². The fourth-order valence-electron chi connectivity index (χ4n) is 13.2. The number of aliphatic hydroxyl groups is 7.